The van der Waals surface area contributed by atoms with Gasteiger partial charge in [0.15, 0.2) is 14.1 Å². The molecule has 0 spiro atoms. The molecule has 0 bridgehead atoms. The summed E-state index contributed by atoms with van der Waals surface area (Å²) in [7, 11) is -1.77. The van der Waals surface area contributed by atoms with Crippen LogP contribution in [-0.4, -0.2) is 32.4 Å². The molecule has 1 saturated heterocycles. The van der Waals surface area contributed by atoms with Gasteiger partial charge >= 0.3 is 0 Å². The van der Waals surface area contributed by atoms with Crippen molar-refractivity contribution in [1.29, 1.82) is 0 Å². The van der Waals surface area contributed by atoms with E-state index in [2.05, 4.69) is 46.0 Å². The Hall–Kier alpha value is -0.163. The van der Waals surface area contributed by atoms with Gasteiger partial charge in [-0.3, -0.25) is 0 Å². The van der Waals surface area contributed by atoms with Crippen molar-refractivity contribution >= 4 is 8.32 Å². The highest BCUT2D eigenvalue weighted by Gasteiger charge is 2.48. The first-order valence-corrected chi connectivity index (χ1v) is 10.1. The molecule has 0 radical (unpaired) electrons. The van der Waals surface area contributed by atoms with Crippen molar-refractivity contribution in [3.8, 4) is 0 Å². The first-order valence-electron chi connectivity index (χ1n) is 7.22. The second kappa shape index (κ2) is 4.69. The predicted molar refractivity (Wildman–Crippen MR) is 79.7 cm³/mol. The Bertz CT molecular complexity index is 368. The van der Waals surface area contributed by atoms with E-state index >= 15 is 0 Å². The van der Waals surface area contributed by atoms with Gasteiger partial charge in [-0.15, -0.1) is 0 Å². The third-order valence-electron chi connectivity index (χ3n) is 4.48. The molecule has 0 N–H and O–H groups in total. The topological polar surface area (TPSA) is 27.7 Å². The maximum absolute atomic E-state index is 6.53. The molecule has 3 nitrogen and oxygen atoms in total. The molecular formula is C15H28O3Si. The number of hydrogen-bond donors (Lipinski definition) is 0. The normalized spacial score (nSPS) is 34.4. The van der Waals surface area contributed by atoms with Crippen molar-refractivity contribution in [2.24, 2.45) is 0 Å². The van der Waals surface area contributed by atoms with Crippen molar-refractivity contribution in [2.45, 2.75) is 83.3 Å². The SMILES string of the molecule is CC1(C)O[C@@H]2[C@@H](C=CC[C@H]2O[Si](C)(C)C(C)(C)C)O1. The summed E-state index contributed by atoms with van der Waals surface area (Å²) in [6, 6.07) is 0. The molecule has 0 aromatic heterocycles. The lowest BCUT2D eigenvalue weighted by molar-refractivity contribution is -0.151. The van der Waals surface area contributed by atoms with E-state index in [1.807, 2.05) is 13.8 Å². The molecule has 0 amide bonds. The lowest BCUT2D eigenvalue weighted by Crippen LogP contribution is -2.49. The molecule has 1 fully saturated rings. The predicted octanol–water partition coefficient (Wildman–Crippen LogP) is 3.86. The summed E-state index contributed by atoms with van der Waals surface area (Å²) in [5.41, 5.74) is 0. The molecule has 1 aliphatic heterocycles. The quantitative estimate of drug-likeness (QED) is 0.569. The van der Waals surface area contributed by atoms with Gasteiger partial charge in [-0.05, 0) is 38.4 Å². The van der Waals surface area contributed by atoms with E-state index in [1.54, 1.807) is 0 Å². The summed E-state index contributed by atoms with van der Waals surface area (Å²) in [5, 5.41) is 0.221. The zero-order valence-electron chi connectivity index (χ0n) is 13.3. The zero-order valence-corrected chi connectivity index (χ0v) is 14.3. The number of ether oxygens (including phenoxy) is 2. The number of hydrogen-bond acceptors (Lipinski definition) is 3. The summed E-state index contributed by atoms with van der Waals surface area (Å²) in [4.78, 5) is 0. The molecule has 0 aromatic rings. The largest absolute Gasteiger partial charge is 0.411 e. The van der Waals surface area contributed by atoms with Crippen LogP contribution < -0.4 is 0 Å². The van der Waals surface area contributed by atoms with E-state index < -0.39 is 14.1 Å². The van der Waals surface area contributed by atoms with Crippen LogP contribution in [0.2, 0.25) is 18.1 Å². The van der Waals surface area contributed by atoms with Gasteiger partial charge in [-0.2, -0.15) is 0 Å². The van der Waals surface area contributed by atoms with E-state index in [4.69, 9.17) is 13.9 Å². The number of fused-ring (bicyclic) bond motifs is 1. The van der Waals surface area contributed by atoms with Crippen LogP contribution in [0.4, 0.5) is 0 Å². The minimum absolute atomic E-state index is 0.0362. The minimum atomic E-state index is -1.77. The molecule has 19 heavy (non-hydrogen) atoms. The molecule has 1 heterocycles. The van der Waals surface area contributed by atoms with Crippen molar-refractivity contribution in [1.82, 2.24) is 0 Å². The molecule has 1 aliphatic carbocycles. The Balaban J connectivity index is 2.12. The van der Waals surface area contributed by atoms with Crippen LogP contribution in [-0.2, 0) is 13.9 Å². The van der Waals surface area contributed by atoms with Gasteiger partial charge in [0, 0.05) is 0 Å². The fourth-order valence-corrected chi connectivity index (χ4v) is 3.75. The Morgan fingerprint density at radius 3 is 2.42 bits per heavy atom. The van der Waals surface area contributed by atoms with Gasteiger partial charge in [0.2, 0.25) is 0 Å². The fraction of sp³-hybridized carbons (Fsp3) is 0.867. The monoisotopic (exact) mass is 284 g/mol. The Labute approximate surface area is 118 Å². The first kappa shape index (κ1) is 15.2. The van der Waals surface area contributed by atoms with E-state index in [0.29, 0.717) is 0 Å². The third kappa shape index (κ3) is 3.12. The average molecular weight is 284 g/mol. The second-order valence-electron chi connectivity index (χ2n) is 7.65. The maximum Gasteiger partial charge on any atom is 0.192 e. The Morgan fingerprint density at radius 1 is 1.21 bits per heavy atom. The first-order chi connectivity index (χ1) is 8.52. The van der Waals surface area contributed by atoms with Crippen LogP contribution in [0.5, 0.6) is 0 Å². The molecule has 110 valence electrons. The average Bonchev–Trinajstić information content (AvgIpc) is 2.51. The smallest absolute Gasteiger partial charge is 0.192 e. The lowest BCUT2D eigenvalue weighted by Gasteiger charge is -2.41. The van der Waals surface area contributed by atoms with Gasteiger partial charge in [0.25, 0.3) is 0 Å². The van der Waals surface area contributed by atoms with Gasteiger partial charge in [-0.1, -0.05) is 32.9 Å². The third-order valence-corrected chi connectivity index (χ3v) is 8.98. The molecule has 4 heteroatoms. The minimum Gasteiger partial charge on any atom is -0.411 e. The van der Waals surface area contributed by atoms with Crippen molar-refractivity contribution in [3.05, 3.63) is 12.2 Å². The Kier molecular flexibility index (Phi) is 3.76. The number of rotatable bonds is 2. The van der Waals surface area contributed by atoms with Crippen LogP contribution >= 0.6 is 0 Å². The molecular weight excluding hydrogens is 256 g/mol. The van der Waals surface area contributed by atoms with Gasteiger partial charge in [0.1, 0.15) is 12.2 Å². The standard InChI is InChI=1S/C15H28O3Si/c1-14(2,3)19(6,7)18-12-10-8-9-11-13(12)17-15(4,5)16-11/h8-9,11-13H,10H2,1-7H3/t11-,12-,13-/m1/s1. The van der Waals surface area contributed by atoms with E-state index in [0.717, 1.165) is 6.42 Å². The zero-order chi connectivity index (χ0) is 14.5. The van der Waals surface area contributed by atoms with Crippen LogP contribution in [0.25, 0.3) is 0 Å². The molecule has 0 unspecified atom stereocenters. The summed E-state index contributed by atoms with van der Waals surface area (Å²) < 4.78 is 18.5. The molecule has 0 aromatic carbocycles. The Morgan fingerprint density at radius 2 is 1.84 bits per heavy atom. The van der Waals surface area contributed by atoms with Crippen molar-refractivity contribution in [2.75, 3.05) is 0 Å². The molecule has 3 atom stereocenters. The summed E-state index contributed by atoms with van der Waals surface area (Å²) in [5.74, 6) is -0.501. The highest BCUT2D eigenvalue weighted by Crippen LogP contribution is 2.41. The summed E-state index contributed by atoms with van der Waals surface area (Å²) >= 11 is 0. The molecule has 0 saturated carbocycles. The van der Waals surface area contributed by atoms with E-state index in [9.17, 15) is 0 Å². The van der Waals surface area contributed by atoms with Crippen LogP contribution in [0.15, 0.2) is 12.2 Å². The van der Waals surface area contributed by atoms with Gasteiger partial charge < -0.3 is 13.9 Å². The second-order valence-corrected chi connectivity index (χ2v) is 12.4. The highest BCUT2D eigenvalue weighted by atomic mass is 28.4. The summed E-state index contributed by atoms with van der Waals surface area (Å²) in [6.07, 6.45) is 5.41. The van der Waals surface area contributed by atoms with Crippen molar-refractivity contribution in [3.63, 3.8) is 0 Å². The fourth-order valence-electron chi connectivity index (χ4n) is 2.40. The summed E-state index contributed by atoms with van der Waals surface area (Å²) in [6.45, 7) is 15.3. The highest BCUT2D eigenvalue weighted by molar-refractivity contribution is 6.74. The van der Waals surface area contributed by atoms with Crippen LogP contribution in [0.1, 0.15) is 41.0 Å². The lowest BCUT2D eigenvalue weighted by atomic mass is 9.99. The molecule has 2 aliphatic rings. The van der Waals surface area contributed by atoms with Gasteiger partial charge in [-0.25, -0.2) is 0 Å². The van der Waals surface area contributed by atoms with E-state index in [1.165, 1.54) is 0 Å². The molecule has 2 rings (SSSR count). The van der Waals surface area contributed by atoms with Crippen LogP contribution in [0.3, 0.4) is 0 Å². The van der Waals surface area contributed by atoms with Gasteiger partial charge in [0.05, 0.1) is 6.10 Å². The van der Waals surface area contributed by atoms with Crippen molar-refractivity contribution < 1.29 is 13.9 Å². The maximum atomic E-state index is 6.53. The van der Waals surface area contributed by atoms with E-state index in [-0.39, 0.29) is 23.4 Å². The van der Waals surface area contributed by atoms with Crippen LogP contribution in [0, 0.1) is 0 Å².